The van der Waals surface area contributed by atoms with Gasteiger partial charge in [0.05, 0.1) is 19.3 Å². The molecule has 0 saturated carbocycles. The maximum Gasteiger partial charge on any atom is 0.124 e. The predicted octanol–water partition coefficient (Wildman–Crippen LogP) is 1.20. The van der Waals surface area contributed by atoms with Crippen LogP contribution in [0.2, 0.25) is 0 Å². The maximum atomic E-state index is 9.99. The highest BCUT2D eigenvalue weighted by Crippen LogP contribution is 2.32. The first-order valence-corrected chi connectivity index (χ1v) is 6.18. The smallest absolute Gasteiger partial charge is 0.124 e. The zero-order valence-corrected chi connectivity index (χ0v) is 11.9. The van der Waals surface area contributed by atoms with Gasteiger partial charge in [0.15, 0.2) is 0 Å². The Hall–Kier alpha value is -1.10. The van der Waals surface area contributed by atoms with Gasteiger partial charge in [0.1, 0.15) is 5.75 Å². The second kappa shape index (κ2) is 6.18. The van der Waals surface area contributed by atoms with Gasteiger partial charge < -0.3 is 20.9 Å². The molecule has 4 nitrogen and oxygen atoms in total. The van der Waals surface area contributed by atoms with Crippen molar-refractivity contribution >= 4 is 0 Å². The molecule has 0 aliphatic heterocycles. The van der Waals surface area contributed by atoms with Crippen LogP contribution in [0.5, 0.6) is 5.75 Å². The highest BCUT2D eigenvalue weighted by Gasteiger charge is 2.22. The number of nitrogens with two attached hydrogens (primary N) is 1. The molecule has 18 heavy (non-hydrogen) atoms. The molecule has 4 N–H and O–H groups in total. The van der Waals surface area contributed by atoms with E-state index < -0.39 is 6.10 Å². The highest BCUT2D eigenvalue weighted by atomic mass is 16.5. The molecule has 1 rings (SSSR count). The van der Waals surface area contributed by atoms with Gasteiger partial charge in [-0.15, -0.1) is 0 Å². The van der Waals surface area contributed by atoms with E-state index in [0.717, 1.165) is 28.0 Å². The summed E-state index contributed by atoms with van der Waals surface area (Å²) in [6.07, 6.45) is -0.596. The summed E-state index contributed by atoms with van der Waals surface area (Å²) < 4.78 is 5.40. The molecule has 0 heterocycles. The fourth-order valence-electron chi connectivity index (χ4n) is 2.42. The van der Waals surface area contributed by atoms with E-state index in [-0.39, 0.29) is 12.6 Å². The van der Waals surface area contributed by atoms with Crippen LogP contribution in [0.15, 0.2) is 6.07 Å². The lowest BCUT2D eigenvalue weighted by Crippen LogP contribution is -2.35. The molecule has 2 unspecified atom stereocenters. The van der Waals surface area contributed by atoms with Crippen LogP contribution in [0.4, 0.5) is 0 Å². The number of likely N-dealkylation sites (N-methyl/N-ethyl adjacent to an activating group) is 1. The van der Waals surface area contributed by atoms with E-state index in [4.69, 9.17) is 10.5 Å². The van der Waals surface area contributed by atoms with Gasteiger partial charge >= 0.3 is 0 Å². The van der Waals surface area contributed by atoms with E-state index in [1.807, 2.05) is 27.8 Å². The summed E-state index contributed by atoms with van der Waals surface area (Å²) in [5.74, 6) is 0.911. The molecule has 1 aromatic rings. The van der Waals surface area contributed by atoms with Crippen LogP contribution in [0.1, 0.15) is 28.3 Å². The van der Waals surface area contributed by atoms with Gasteiger partial charge in [0, 0.05) is 6.54 Å². The molecular formula is C14H24N2O2. The Bertz CT molecular complexity index is 419. The number of aliphatic hydroxyl groups excluding tert-OH is 1. The zero-order chi connectivity index (χ0) is 13.9. The molecule has 0 radical (unpaired) electrons. The summed E-state index contributed by atoms with van der Waals surface area (Å²) in [4.78, 5) is 0. The minimum absolute atomic E-state index is 0.154. The van der Waals surface area contributed by atoms with Crippen molar-refractivity contribution in [2.24, 2.45) is 5.73 Å². The second-order valence-electron chi connectivity index (χ2n) is 4.64. The molecular weight excluding hydrogens is 228 g/mol. The average Bonchev–Trinajstić information content (AvgIpc) is 2.36. The quantitative estimate of drug-likeness (QED) is 0.736. The summed E-state index contributed by atoms with van der Waals surface area (Å²) in [5.41, 5.74) is 9.94. The number of hydrogen-bond donors (Lipinski definition) is 3. The molecule has 0 amide bonds. The van der Waals surface area contributed by atoms with Gasteiger partial charge in [0.25, 0.3) is 0 Å². The Balaban J connectivity index is 3.33. The average molecular weight is 252 g/mol. The van der Waals surface area contributed by atoms with Crippen molar-refractivity contribution in [1.29, 1.82) is 0 Å². The number of benzene rings is 1. The maximum absolute atomic E-state index is 9.99. The van der Waals surface area contributed by atoms with E-state index in [1.54, 1.807) is 7.11 Å². The molecule has 102 valence electrons. The van der Waals surface area contributed by atoms with Crippen molar-refractivity contribution in [2.75, 3.05) is 20.7 Å². The van der Waals surface area contributed by atoms with Crippen LogP contribution in [-0.2, 0) is 0 Å². The van der Waals surface area contributed by atoms with Crippen molar-refractivity contribution in [3.05, 3.63) is 28.3 Å². The molecule has 0 aliphatic rings. The van der Waals surface area contributed by atoms with Crippen LogP contribution in [0.3, 0.4) is 0 Å². The largest absolute Gasteiger partial charge is 0.496 e. The van der Waals surface area contributed by atoms with Gasteiger partial charge in [0.2, 0.25) is 0 Å². The molecule has 0 aliphatic carbocycles. The summed E-state index contributed by atoms with van der Waals surface area (Å²) in [7, 11) is 3.51. The van der Waals surface area contributed by atoms with Gasteiger partial charge in [-0.05, 0) is 50.1 Å². The third-order valence-electron chi connectivity index (χ3n) is 3.54. The number of aryl methyl sites for hydroxylation is 1. The van der Waals surface area contributed by atoms with E-state index >= 15 is 0 Å². The molecule has 4 heteroatoms. The minimum Gasteiger partial charge on any atom is -0.496 e. The van der Waals surface area contributed by atoms with Crippen molar-refractivity contribution in [1.82, 2.24) is 5.32 Å². The van der Waals surface area contributed by atoms with Crippen LogP contribution < -0.4 is 15.8 Å². The van der Waals surface area contributed by atoms with Crippen molar-refractivity contribution in [3.8, 4) is 5.75 Å². The Kier molecular flexibility index (Phi) is 5.14. The fourth-order valence-corrected chi connectivity index (χ4v) is 2.42. The molecule has 0 saturated heterocycles. The summed E-state index contributed by atoms with van der Waals surface area (Å²) >= 11 is 0. The van der Waals surface area contributed by atoms with E-state index in [0.29, 0.717) is 0 Å². The van der Waals surface area contributed by atoms with Crippen LogP contribution in [0.25, 0.3) is 0 Å². The number of aliphatic hydroxyl groups is 1. The van der Waals surface area contributed by atoms with Crippen LogP contribution >= 0.6 is 0 Å². The Labute approximate surface area is 109 Å². The van der Waals surface area contributed by atoms with E-state index in [1.165, 1.54) is 0 Å². The number of hydrogen-bond acceptors (Lipinski definition) is 4. The fraction of sp³-hybridized carbons (Fsp3) is 0.571. The number of methoxy groups -OCH3 is 1. The van der Waals surface area contributed by atoms with Gasteiger partial charge in [-0.25, -0.2) is 0 Å². The lowest BCUT2D eigenvalue weighted by Gasteiger charge is -2.26. The van der Waals surface area contributed by atoms with Crippen molar-refractivity contribution < 1.29 is 9.84 Å². The molecule has 1 aromatic carbocycles. The third-order valence-corrected chi connectivity index (χ3v) is 3.54. The molecule has 0 spiro atoms. The lowest BCUT2D eigenvalue weighted by atomic mass is 9.91. The Morgan fingerprint density at radius 2 is 1.94 bits per heavy atom. The summed E-state index contributed by atoms with van der Waals surface area (Å²) in [6, 6.07) is 1.90. The third kappa shape index (κ3) is 2.66. The van der Waals surface area contributed by atoms with Gasteiger partial charge in [-0.2, -0.15) is 0 Å². The standard InChI is InChI=1S/C14H24N2O2/c1-8-6-11(13(16-4)12(17)7-15)9(2)10(3)14(8)18-5/h6,12-13,16-17H,7,15H2,1-5H3. The highest BCUT2D eigenvalue weighted by molar-refractivity contribution is 5.50. The zero-order valence-electron chi connectivity index (χ0n) is 11.9. The van der Waals surface area contributed by atoms with Gasteiger partial charge in [-0.1, -0.05) is 6.07 Å². The first kappa shape index (κ1) is 15.0. The van der Waals surface area contributed by atoms with E-state index in [9.17, 15) is 5.11 Å². The summed E-state index contributed by atoms with van der Waals surface area (Å²) in [5, 5.41) is 13.1. The first-order valence-electron chi connectivity index (χ1n) is 6.18. The normalized spacial score (nSPS) is 14.4. The molecule has 0 bridgehead atoms. The second-order valence-corrected chi connectivity index (χ2v) is 4.64. The number of ether oxygens (including phenoxy) is 1. The van der Waals surface area contributed by atoms with Crippen molar-refractivity contribution in [3.63, 3.8) is 0 Å². The lowest BCUT2D eigenvalue weighted by molar-refractivity contribution is 0.138. The van der Waals surface area contributed by atoms with Crippen molar-refractivity contribution in [2.45, 2.75) is 32.9 Å². The Morgan fingerprint density at radius 1 is 1.33 bits per heavy atom. The monoisotopic (exact) mass is 252 g/mol. The minimum atomic E-state index is -0.596. The predicted molar refractivity (Wildman–Crippen MR) is 74.1 cm³/mol. The Morgan fingerprint density at radius 3 is 2.39 bits per heavy atom. The topological polar surface area (TPSA) is 67.5 Å². The number of rotatable bonds is 5. The number of nitrogens with one attached hydrogen (secondary N) is 1. The first-order chi connectivity index (χ1) is 8.47. The van der Waals surface area contributed by atoms with Crippen LogP contribution in [-0.4, -0.2) is 31.9 Å². The summed E-state index contributed by atoms with van der Waals surface area (Å²) in [6.45, 7) is 6.32. The molecule has 0 fully saturated rings. The molecule has 0 aromatic heterocycles. The SMILES string of the molecule is CNC(c1cc(C)c(OC)c(C)c1C)C(O)CN. The van der Waals surface area contributed by atoms with Crippen LogP contribution in [0, 0.1) is 20.8 Å². The van der Waals surface area contributed by atoms with E-state index in [2.05, 4.69) is 11.4 Å². The molecule has 2 atom stereocenters. The van der Waals surface area contributed by atoms with Gasteiger partial charge in [-0.3, -0.25) is 0 Å².